The number of hydrogen-bond donors (Lipinski definition) is 1. The Balaban J connectivity index is 1.73. The van der Waals surface area contributed by atoms with Gasteiger partial charge in [0.2, 0.25) is 0 Å². The number of piperazine rings is 1. The molecule has 0 amide bonds. The normalized spacial score (nSPS) is 24.7. The van der Waals surface area contributed by atoms with Crippen LogP contribution in [0, 0.1) is 0 Å². The SMILES string of the molecule is CC1CNCC(C)N1Cc1cc(-c2cccs2)on1. The van der Waals surface area contributed by atoms with Crippen molar-refractivity contribution in [2.24, 2.45) is 0 Å². The standard InChI is InChI=1S/C14H19N3OS/c1-10-7-15-8-11(2)17(10)9-12-6-13(18-16-12)14-4-3-5-19-14/h3-6,10-11,15H,7-9H2,1-2H3. The fourth-order valence-corrected chi connectivity index (χ4v) is 3.26. The van der Waals surface area contributed by atoms with Gasteiger partial charge in [-0.05, 0) is 25.3 Å². The zero-order valence-electron chi connectivity index (χ0n) is 11.3. The second kappa shape index (κ2) is 5.45. The first-order valence-corrected chi connectivity index (χ1v) is 7.58. The molecule has 1 saturated heterocycles. The molecule has 3 rings (SSSR count). The molecule has 4 nitrogen and oxygen atoms in total. The van der Waals surface area contributed by atoms with Gasteiger partial charge in [0.25, 0.3) is 0 Å². The van der Waals surface area contributed by atoms with Crippen LogP contribution in [-0.4, -0.2) is 35.2 Å². The molecule has 2 aromatic rings. The molecule has 0 spiro atoms. The Morgan fingerprint density at radius 3 is 2.89 bits per heavy atom. The summed E-state index contributed by atoms with van der Waals surface area (Å²) >= 11 is 1.68. The summed E-state index contributed by atoms with van der Waals surface area (Å²) in [5.74, 6) is 0.875. The van der Waals surface area contributed by atoms with Crippen LogP contribution in [0.1, 0.15) is 19.5 Å². The molecule has 1 aliphatic rings. The number of hydrogen-bond acceptors (Lipinski definition) is 5. The van der Waals surface area contributed by atoms with Gasteiger partial charge < -0.3 is 9.84 Å². The summed E-state index contributed by atoms with van der Waals surface area (Å²) in [6.07, 6.45) is 0. The Bertz CT molecular complexity index is 513. The van der Waals surface area contributed by atoms with Gasteiger partial charge in [0, 0.05) is 37.8 Å². The Morgan fingerprint density at radius 1 is 1.42 bits per heavy atom. The summed E-state index contributed by atoms with van der Waals surface area (Å²) < 4.78 is 5.44. The molecule has 2 atom stereocenters. The predicted molar refractivity (Wildman–Crippen MR) is 77.2 cm³/mol. The van der Waals surface area contributed by atoms with Gasteiger partial charge in [-0.25, -0.2) is 0 Å². The maximum atomic E-state index is 5.44. The number of rotatable bonds is 3. The predicted octanol–water partition coefficient (Wildman–Crippen LogP) is 2.59. The topological polar surface area (TPSA) is 41.3 Å². The van der Waals surface area contributed by atoms with Crippen LogP contribution in [0.25, 0.3) is 10.6 Å². The van der Waals surface area contributed by atoms with E-state index in [0.29, 0.717) is 12.1 Å². The van der Waals surface area contributed by atoms with Crippen molar-refractivity contribution in [3.05, 3.63) is 29.3 Å². The van der Waals surface area contributed by atoms with E-state index in [1.54, 1.807) is 11.3 Å². The highest BCUT2D eigenvalue weighted by Crippen LogP contribution is 2.26. The maximum Gasteiger partial charge on any atom is 0.177 e. The van der Waals surface area contributed by atoms with E-state index in [1.807, 2.05) is 6.07 Å². The quantitative estimate of drug-likeness (QED) is 0.936. The molecule has 0 saturated carbocycles. The smallest absolute Gasteiger partial charge is 0.177 e. The van der Waals surface area contributed by atoms with Crippen molar-refractivity contribution in [2.45, 2.75) is 32.5 Å². The van der Waals surface area contributed by atoms with E-state index in [4.69, 9.17) is 4.52 Å². The molecule has 102 valence electrons. The molecule has 1 aliphatic heterocycles. The van der Waals surface area contributed by atoms with Crippen LogP contribution in [0.2, 0.25) is 0 Å². The number of thiophene rings is 1. The highest BCUT2D eigenvalue weighted by Gasteiger charge is 2.25. The Hall–Kier alpha value is -1.17. The van der Waals surface area contributed by atoms with Gasteiger partial charge >= 0.3 is 0 Å². The van der Waals surface area contributed by atoms with Crippen LogP contribution >= 0.6 is 11.3 Å². The molecule has 2 aromatic heterocycles. The number of nitrogens with zero attached hydrogens (tertiary/aromatic N) is 2. The van der Waals surface area contributed by atoms with E-state index in [1.165, 1.54) is 0 Å². The van der Waals surface area contributed by atoms with Crippen molar-refractivity contribution in [2.75, 3.05) is 13.1 Å². The second-order valence-corrected chi connectivity index (χ2v) is 6.14. The van der Waals surface area contributed by atoms with Crippen LogP contribution in [-0.2, 0) is 6.54 Å². The van der Waals surface area contributed by atoms with Crippen LogP contribution < -0.4 is 5.32 Å². The molecule has 3 heterocycles. The molecule has 2 unspecified atom stereocenters. The van der Waals surface area contributed by atoms with E-state index in [2.05, 4.69) is 46.7 Å². The average Bonchev–Trinajstić information content (AvgIpc) is 3.04. The molecular weight excluding hydrogens is 258 g/mol. The highest BCUT2D eigenvalue weighted by atomic mass is 32.1. The molecule has 0 aromatic carbocycles. The summed E-state index contributed by atoms with van der Waals surface area (Å²) in [6, 6.07) is 7.22. The first kappa shape index (κ1) is 12.8. The lowest BCUT2D eigenvalue weighted by atomic mass is 10.1. The molecule has 19 heavy (non-hydrogen) atoms. The lowest BCUT2D eigenvalue weighted by Crippen LogP contribution is -2.54. The van der Waals surface area contributed by atoms with Crippen LogP contribution in [0.15, 0.2) is 28.1 Å². The fraction of sp³-hybridized carbons (Fsp3) is 0.500. The minimum absolute atomic E-state index is 0.533. The van der Waals surface area contributed by atoms with Gasteiger partial charge in [-0.2, -0.15) is 0 Å². The Kier molecular flexibility index (Phi) is 3.68. The van der Waals surface area contributed by atoms with Gasteiger partial charge in [0.15, 0.2) is 5.76 Å². The molecule has 5 heteroatoms. The molecule has 1 fully saturated rings. The summed E-state index contributed by atoms with van der Waals surface area (Å²) in [4.78, 5) is 3.62. The van der Waals surface area contributed by atoms with Crippen LogP contribution in [0.5, 0.6) is 0 Å². The second-order valence-electron chi connectivity index (χ2n) is 5.19. The zero-order valence-corrected chi connectivity index (χ0v) is 12.1. The van der Waals surface area contributed by atoms with Gasteiger partial charge in [-0.3, -0.25) is 4.90 Å². The van der Waals surface area contributed by atoms with Crippen molar-refractivity contribution in [3.8, 4) is 10.6 Å². The summed E-state index contributed by atoms with van der Waals surface area (Å²) in [7, 11) is 0. The van der Waals surface area contributed by atoms with E-state index < -0.39 is 0 Å². The third kappa shape index (κ3) is 2.73. The van der Waals surface area contributed by atoms with Crippen molar-refractivity contribution in [3.63, 3.8) is 0 Å². The zero-order chi connectivity index (χ0) is 13.2. The number of aromatic nitrogens is 1. The fourth-order valence-electron chi connectivity index (χ4n) is 2.59. The van der Waals surface area contributed by atoms with E-state index in [9.17, 15) is 0 Å². The monoisotopic (exact) mass is 277 g/mol. The van der Waals surface area contributed by atoms with E-state index >= 15 is 0 Å². The Morgan fingerprint density at radius 2 is 2.21 bits per heavy atom. The first-order chi connectivity index (χ1) is 9.24. The molecule has 1 N–H and O–H groups in total. The van der Waals surface area contributed by atoms with Crippen molar-refractivity contribution in [1.29, 1.82) is 0 Å². The third-order valence-corrected chi connectivity index (χ3v) is 4.56. The van der Waals surface area contributed by atoms with E-state index in [0.717, 1.165) is 36.0 Å². The molecule has 0 radical (unpaired) electrons. The van der Waals surface area contributed by atoms with E-state index in [-0.39, 0.29) is 0 Å². The van der Waals surface area contributed by atoms with Gasteiger partial charge in [0.05, 0.1) is 10.6 Å². The average molecular weight is 277 g/mol. The van der Waals surface area contributed by atoms with Crippen LogP contribution in [0.4, 0.5) is 0 Å². The lowest BCUT2D eigenvalue weighted by molar-refractivity contribution is 0.106. The van der Waals surface area contributed by atoms with Gasteiger partial charge in [-0.1, -0.05) is 11.2 Å². The van der Waals surface area contributed by atoms with Crippen molar-refractivity contribution in [1.82, 2.24) is 15.4 Å². The van der Waals surface area contributed by atoms with Crippen molar-refractivity contribution >= 4 is 11.3 Å². The highest BCUT2D eigenvalue weighted by molar-refractivity contribution is 7.13. The van der Waals surface area contributed by atoms with Gasteiger partial charge in [0.1, 0.15) is 0 Å². The maximum absolute atomic E-state index is 5.44. The van der Waals surface area contributed by atoms with Crippen LogP contribution in [0.3, 0.4) is 0 Å². The van der Waals surface area contributed by atoms with Gasteiger partial charge in [-0.15, -0.1) is 11.3 Å². The number of nitrogens with one attached hydrogen (secondary N) is 1. The molecule has 0 bridgehead atoms. The lowest BCUT2D eigenvalue weighted by Gasteiger charge is -2.38. The van der Waals surface area contributed by atoms with Crippen molar-refractivity contribution < 1.29 is 4.52 Å². The summed E-state index contributed by atoms with van der Waals surface area (Å²) in [5.41, 5.74) is 1.02. The molecular formula is C14H19N3OS. The minimum atomic E-state index is 0.533. The minimum Gasteiger partial charge on any atom is -0.355 e. The third-order valence-electron chi connectivity index (χ3n) is 3.68. The molecule has 0 aliphatic carbocycles. The largest absolute Gasteiger partial charge is 0.355 e. The summed E-state index contributed by atoms with van der Waals surface area (Å²) in [6.45, 7) is 7.45. The summed E-state index contributed by atoms with van der Waals surface area (Å²) in [5, 5.41) is 9.70. The first-order valence-electron chi connectivity index (χ1n) is 6.70. The Labute approximate surface area is 117 Å².